The van der Waals surface area contributed by atoms with Gasteiger partial charge in [-0.2, -0.15) is 0 Å². The highest BCUT2D eigenvalue weighted by Crippen LogP contribution is 2.32. The van der Waals surface area contributed by atoms with Gasteiger partial charge in [0.25, 0.3) is 0 Å². The van der Waals surface area contributed by atoms with Crippen molar-refractivity contribution in [3.63, 3.8) is 0 Å². The van der Waals surface area contributed by atoms with E-state index in [1.807, 2.05) is 18.3 Å². The third-order valence-corrected chi connectivity index (χ3v) is 3.91. The molecule has 0 saturated carbocycles. The van der Waals surface area contributed by atoms with Gasteiger partial charge in [0.15, 0.2) is 0 Å². The zero-order chi connectivity index (χ0) is 17.4. The van der Waals surface area contributed by atoms with Gasteiger partial charge in [0.1, 0.15) is 11.5 Å². The van der Waals surface area contributed by atoms with Crippen LogP contribution in [0.1, 0.15) is 60.6 Å². The van der Waals surface area contributed by atoms with Crippen LogP contribution >= 0.6 is 11.6 Å². The molecular formula is C19H30ClN3. The van der Waals surface area contributed by atoms with Crippen molar-refractivity contribution >= 4 is 23.1 Å². The van der Waals surface area contributed by atoms with Crippen molar-refractivity contribution in [2.75, 3.05) is 5.32 Å². The lowest BCUT2D eigenvalue weighted by Crippen LogP contribution is -2.36. The highest BCUT2D eigenvalue weighted by molar-refractivity contribution is 6.30. The number of halogens is 1. The van der Waals surface area contributed by atoms with Crippen molar-refractivity contribution in [2.45, 2.75) is 66.8 Å². The fourth-order valence-electron chi connectivity index (χ4n) is 3.42. The summed E-state index contributed by atoms with van der Waals surface area (Å²) in [5.74, 6) is 1.63. The number of imidazole rings is 1. The molecular weight excluding hydrogens is 306 g/mol. The van der Waals surface area contributed by atoms with Crippen LogP contribution in [-0.4, -0.2) is 14.9 Å². The minimum atomic E-state index is -0.0255. The van der Waals surface area contributed by atoms with Gasteiger partial charge in [0.05, 0.1) is 10.7 Å². The molecule has 0 fully saturated rings. The van der Waals surface area contributed by atoms with Crippen LogP contribution in [-0.2, 0) is 6.42 Å². The summed E-state index contributed by atoms with van der Waals surface area (Å²) in [4.78, 5) is 4.82. The SMILES string of the molecule is CC(C)Cc1nc2ccc(Cl)cn2c1NC(C)(C)CC(C)(C)C. The number of rotatable bonds is 5. The number of nitrogens with one attached hydrogen (secondary N) is 1. The fraction of sp³-hybridized carbons (Fsp3) is 0.632. The number of hydrogen-bond donors (Lipinski definition) is 1. The van der Waals surface area contributed by atoms with E-state index in [2.05, 4.69) is 58.2 Å². The molecule has 0 radical (unpaired) electrons. The molecule has 2 aromatic heterocycles. The van der Waals surface area contributed by atoms with Crippen molar-refractivity contribution in [1.29, 1.82) is 0 Å². The van der Waals surface area contributed by atoms with E-state index in [1.54, 1.807) is 0 Å². The van der Waals surface area contributed by atoms with Crippen LogP contribution in [0, 0.1) is 11.3 Å². The molecule has 0 aliphatic rings. The largest absolute Gasteiger partial charge is 0.365 e. The molecule has 23 heavy (non-hydrogen) atoms. The Hall–Kier alpha value is -1.22. The Morgan fingerprint density at radius 1 is 1.17 bits per heavy atom. The number of fused-ring (bicyclic) bond motifs is 1. The minimum Gasteiger partial charge on any atom is -0.365 e. The van der Waals surface area contributed by atoms with Crippen molar-refractivity contribution in [1.82, 2.24) is 9.38 Å². The van der Waals surface area contributed by atoms with E-state index in [0.29, 0.717) is 5.92 Å². The summed E-state index contributed by atoms with van der Waals surface area (Å²) in [5.41, 5.74) is 2.29. The molecule has 2 rings (SSSR count). The van der Waals surface area contributed by atoms with Crippen LogP contribution in [0.15, 0.2) is 18.3 Å². The first kappa shape index (κ1) is 18.1. The van der Waals surface area contributed by atoms with Gasteiger partial charge >= 0.3 is 0 Å². The number of anilines is 1. The quantitative estimate of drug-likeness (QED) is 0.746. The zero-order valence-electron chi connectivity index (χ0n) is 15.5. The van der Waals surface area contributed by atoms with Crippen molar-refractivity contribution < 1.29 is 0 Å². The monoisotopic (exact) mass is 335 g/mol. The van der Waals surface area contributed by atoms with Crippen LogP contribution in [0.2, 0.25) is 5.02 Å². The lowest BCUT2D eigenvalue weighted by atomic mass is 9.82. The van der Waals surface area contributed by atoms with Crippen molar-refractivity contribution in [3.8, 4) is 0 Å². The molecule has 2 aromatic rings. The van der Waals surface area contributed by atoms with Gasteiger partial charge in [-0.15, -0.1) is 0 Å². The number of pyridine rings is 1. The third kappa shape index (κ3) is 4.87. The van der Waals surface area contributed by atoms with Crippen LogP contribution in [0.5, 0.6) is 0 Å². The summed E-state index contributed by atoms with van der Waals surface area (Å²) in [6.07, 6.45) is 3.96. The molecule has 1 N–H and O–H groups in total. The van der Waals surface area contributed by atoms with Gasteiger partial charge in [-0.1, -0.05) is 46.2 Å². The van der Waals surface area contributed by atoms with E-state index < -0.39 is 0 Å². The first-order valence-corrected chi connectivity index (χ1v) is 8.79. The Labute approximate surface area is 145 Å². The summed E-state index contributed by atoms with van der Waals surface area (Å²) >= 11 is 6.21. The van der Waals surface area contributed by atoms with Gasteiger partial charge in [-0.25, -0.2) is 4.98 Å². The normalized spacial score (nSPS) is 13.1. The number of aromatic nitrogens is 2. The highest BCUT2D eigenvalue weighted by Gasteiger charge is 2.27. The van der Waals surface area contributed by atoms with Gasteiger partial charge < -0.3 is 5.32 Å². The maximum absolute atomic E-state index is 6.21. The molecule has 2 heterocycles. The second kappa shape index (κ2) is 6.35. The van der Waals surface area contributed by atoms with Crippen molar-refractivity contribution in [3.05, 3.63) is 29.0 Å². The zero-order valence-corrected chi connectivity index (χ0v) is 16.3. The Morgan fingerprint density at radius 2 is 1.83 bits per heavy atom. The molecule has 0 aliphatic heterocycles. The van der Waals surface area contributed by atoms with Crippen LogP contribution in [0.25, 0.3) is 5.65 Å². The molecule has 0 saturated heterocycles. The molecule has 0 spiro atoms. The molecule has 0 bridgehead atoms. The summed E-state index contributed by atoms with van der Waals surface area (Å²) in [7, 11) is 0. The molecule has 4 heteroatoms. The van der Waals surface area contributed by atoms with Crippen LogP contribution < -0.4 is 5.32 Å². The number of hydrogen-bond acceptors (Lipinski definition) is 2. The predicted molar refractivity (Wildman–Crippen MR) is 101 cm³/mol. The lowest BCUT2D eigenvalue weighted by Gasteiger charge is -2.34. The average Bonchev–Trinajstić information content (AvgIpc) is 2.63. The molecule has 0 unspecified atom stereocenters. The van der Waals surface area contributed by atoms with E-state index in [0.717, 1.165) is 35.0 Å². The summed E-state index contributed by atoms with van der Waals surface area (Å²) in [6, 6.07) is 3.88. The predicted octanol–water partition coefficient (Wildman–Crippen LogP) is 5.81. The van der Waals surface area contributed by atoms with Crippen LogP contribution in [0.3, 0.4) is 0 Å². The van der Waals surface area contributed by atoms with Gasteiger partial charge in [0.2, 0.25) is 0 Å². The van der Waals surface area contributed by atoms with E-state index in [9.17, 15) is 0 Å². The Bertz CT molecular complexity index is 678. The maximum Gasteiger partial charge on any atom is 0.138 e. The summed E-state index contributed by atoms with van der Waals surface area (Å²) in [6.45, 7) is 15.8. The Morgan fingerprint density at radius 3 is 2.39 bits per heavy atom. The molecule has 0 amide bonds. The van der Waals surface area contributed by atoms with E-state index in [1.165, 1.54) is 0 Å². The topological polar surface area (TPSA) is 29.3 Å². The second-order valence-corrected chi connectivity index (χ2v) is 9.26. The first-order chi connectivity index (χ1) is 10.5. The molecule has 3 nitrogen and oxygen atoms in total. The van der Waals surface area contributed by atoms with E-state index in [4.69, 9.17) is 16.6 Å². The van der Waals surface area contributed by atoms with E-state index >= 15 is 0 Å². The standard InChI is InChI=1S/C19H30ClN3/c1-13(2)10-15-17(22-19(6,7)12-18(3,4)5)23-11-14(20)8-9-16(23)21-15/h8-9,11,13,22H,10,12H2,1-7H3. The molecule has 0 aromatic carbocycles. The fourth-order valence-corrected chi connectivity index (χ4v) is 3.58. The minimum absolute atomic E-state index is 0.0255. The molecule has 0 aliphatic carbocycles. The molecule has 128 valence electrons. The third-order valence-electron chi connectivity index (χ3n) is 3.69. The van der Waals surface area contributed by atoms with Gasteiger partial charge in [-0.05, 0) is 50.2 Å². The molecule has 0 atom stereocenters. The van der Waals surface area contributed by atoms with Gasteiger partial charge in [0, 0.05) is 11.7 Å². The Balaban J connectivity index is 2.45. The average molecular weight is 336 g/mol. The smallest absolute Gasteiger partial charge is 0.138 e. The van der Waals surface area contributed by atoms with Crippen LogP contribution in [0.4, 0.5) is 5.82 Å². The van der Waals surface area contributed by atoms with Crippen molar-refractivity contribution in [2.24, 2.45) is 11.3 Å². The summed E-state index contributed by atoms with van der Waals surface area (Å²) < 4.78 is 2.09. The van der Waals surface area contributed by atoms with Gasteiger partial charge in [-0.3, -0.25) is 4.40 Å². The maximum atomic E-state index is 6.21. The van der Waals surface area contributed by atoms with E-state index in [-0.39, 0.29) is 11.0 Å². The first-order valence-electron chi connectivity index (χ1n) is 8.41. The lowest BCUT2D eigenvalue weighted by molar-refractivity contribution is 0.301. The second-order valence-electron chi connectivity index (χ2n) is 8.83. The summed E-state index contributed by atoms with van der Waals surface area (Å²) in [5, 5.41) is 4.47. The highest BCUT2D eigenvalue weighted by atomic mass is 35.5. The number of nitrogens with zero attached hydrogens (tertiary/aromatic N) is 2. The Kier molecular flexibility index (Phi) is 5.00.